The van der Waals surface area contributed by atoms with Crippen LogP contribution in [0.3, 0.4) is 0 Å². The monoisotopic (exact) mass is 299 g/mol. The molecular weight excluding hydrogens is 278 g/mol. The van der Waals surface area contributed by atoms with Gasteiger partial charge in [0.25, 0.3) is 0 Å². The number of carbonyl (C=O) groups is 2. The molecule has 0 aromatic heterocycles. The molecule has 2 unspecified atom stereocenters. The minimum atomic E-state index is -0.920. The van der Waals surface area contributed by atoms with Gasteiger partial charge in [0.1, 0.15) is 0 Å². The lowest BCUT2D eigenvalue weighted by Crippen LogP contribution is -2.29. The first kappa shape index (κ1) is 14.8. The third kappa shape index (κ3) is 3.21. The van der Waals surface area contributed by atoms with Gasteiger partial charge in [-0.25, -0.2) is 4.79 Å². The van der Waals surface area contributed by atoms with Crippen molar-refractivity contribution in [3.05, 3.63) is 47.5 Å². The Morgan fingerprint density at radius 3 is 2.18 bits per heavy atom. The first-order valence-corrected chi connectivity index (χ1v) is 7.88. The zero-order valence-corrected chi connectivity index (χ0v) is 12.6. The van der Waals surface area contributed by atoms with Crippen molar-refractivity contribution < 1.29 is 14.7 Å². The molecule has 4 nitrogen and oxygen atoms in total. The Balaban J connectivity index is 1.51. The summed E-state index contributed by atoms with van der Waals surface area (Å²) in [5.41, 5.74) is 1.29. The number of rotatable bonds is 4. The Hall–Kier alpha value is -2.10. The molecule has 2 atom stereocenters. The zero-order valence-electron chi connectivity index (χ0n) is 12.6. The van der Waals surface area contributed by atoms with Crippen LogP contribution in [0.2, 0.25) is 0 Å². The van der Waals surface area contributed by atoms with Crippen molar-refractivity contribution in [1.29, 1.82) is 0 Å². The van der Waals surface area contributed by atoms with Gasteiger partial charge in [0.05, 0.1) is 5.56 Å². The van der Waals surface area contributed by atoms with Crippen LogP contribution in [0.5, 0.6) is 0 Å². The topological polar surface area (TPSA) is 57.6 Å². The Morgan fingerprint density at radius 1 is 1.05 bits per heavy atom. The van der Waals surface area contributed by atoms with Crippen molar-refractivity contribution in [2.24, 2.45) is 11.8 Å². The number of allylic oxidation sites excluding steroid dienone is 2. The van der Waals surface area contributed by atoms with Crippen LogP contribution in [0.25, 0.3) is 0 Å². The lowest BCUT2D eigenvalue weighted by molar-refractivity contribution is -0.130. The molecule has 1 heterocycles. The van der Waals surface area contributed by atoms with E-state index in [1.54, 1.807) is 24.3 Å². The zero-order chi connectivity index (χ0) is 15.5. The van der Waals surface area contributed by atoms with Gasteiger partial charge in [-0.2, -0.15) is 0 Å². The van der Waals surface area contributed by atoms with Crippen molar-refractivity contribution in [2.45, 2.75) is 25.7 Å². The smallest absolute Gasteiger partial charge is 0.335 e. The third-order valence-corrected chi connectivity index (χ3v) is 4.80. The number of fused-ring (bicyclic) bond motifs is 1. The molecule has 0 radical (unpaired) electrons. The quantitative estimate of drug-likeness (QED) is 0.870. The third-order valence-electron chi connectivity index (χ3n) is 4.80. The van der Waals surface area contributed by atoms with Crippen molar-refractivity contribution in [3.63, 3.8) is 0 Å². The summed E-state index contributed by atoms with van der Waals surface area (Å²) in [5.74, 6) is 0.584. The number of carboxylic acids is 1. The predicted molar refractivity (Wildman–Crippen MR) is 83.7 cm³/mol. The molecule has 0 bridgehead atoms. The van der Waals surface area contributed by atoms with Crippen molar-refractivity contribution >= 4 is 11.9 Å². The van der Waals surface area contributed by atoms with E-state index >= 15 is 0 Å². The molecule has 1 aliphatic carbocycles. The SMILES string of the molecule is O=C(O)c1ccc(CCC(=O)N2CC3CC=CCC3C2)cc1. The van der Waals surface area contributed by atoms with E-state index in [2.05, 4.69) is 12.2 Å². The number of hydrogen-bond acceptors (Lipinski definition) is 2. The average Bonchev–Trinajstić information content (AvgIpc) is 2.97. The second-order valence-corrected chi connectivity index (χ2v) is 6.26. The number of benzene rings is 1. The Labute approximate surface area is 130 Å². The summed E-state index contributed by atoms with van der Waals surface area (Å²) in [5, 5.41) is 8.87. The van der Waals surface area contributed by atoms with E-state index in [0.29, 0.717) is 24.7 Å². The van der Waals surface area contributed by atoms with E-state index in [-0.39, 0.29) is 11.5 Å². The number of aryl methyl sites for hydroxylation is 1. The number of aromatic carboxylic acids is 1. The fourth-order valence-corrected chi connectivity index (χ4v) is 3.44. The van der Waals surface area contributed by atoms with Crippen LogP contribution in [0.4, 0.5) is 0 Å². The second-order valence-electron chi connectivity index (χ2n) is 6.26. The van der Waals surface area contributed by atoms with E-state index in [1.807, 2.05) is 4.90 Å². The van der Waals surface area contributed by atoms with Crippen LogP contribution in [0, 0.1) is 11.8 Å². The number of carboxylic acid groups (broad SMARTS) is 1. The van der Waals surface area contributed by atoms with Crippen LogP contribution >= 0.6 is 0 Å². The second kappa shape index (κ2) is 6.34. The van der Waals surface area contributed by atoms with E-state index < -0.39 is 5.97 Å². The Bertz CT molecular complexity index is 575. The first-order chi connectivity index (χ1) is 10.6. The van der Waals surface area contributed by atoms with Gasteiger partial charge in [-0.05, 0) is 48.8 Å². The normalized spacial score (nSPS) is 23.4. The maximum absolute atomic E-state index is 12.3. The minimum Gasteiger partial charge on any atom is -0.478 e. The predicted octanol–water partition coefficient (Wildman–Crippen LogP) is 2.74. The highest BCUT2D eigenvalue weighted by molar-refractivity contribution is 5.87. The van der Waals surface area contributed by atoms with Crippen LogP contribution in [-0.4, -0.2) is 35.0 Å². The number of carbonyl (C=O) groups excluding carboxylic acids is 1. The Kier molecular flexibility index (Phi) is 4.27. The maximum atomic E-state index is 12.3. The molecule has 1 amide bonds. The lowest BCUT2D eigenvalue weighted by Gasteiger charge is -2.17. The number of nitrogens with zero attached hydrogens (tertiary/aromatic N) is 1. The molecule has 3 rings (SSSR count). The van der Waals surface area contributed by atoms with Crippen LogP contribution < -0.4 is 0 Å². The summed E-state index contributed by atoms with van der Waals surface area (Å²) in [7, 11) is 0. The molecule has 1 aliphatic heterocycles. The summed E-state index contributed by atoms with van der Waals surface area (Å²) in [4.78, 5) is 25.2. The van der Waals surface area contributed by atoms with Gasteiger partial charge in [-0.15, -0.1) is 0 Å². The van der Waals surface area contributed by atoms with Crippen molar-refractivity contribution in [2.75, 3.05) is 13.1 Å². The molecule has 1 aromatic carbocycles. The number of amides is 1. The average molecular weight is 299 g/mol. The van der Waals surface area contributed by atoms with Gasteiger partial charge in [-0.3, -0.25) is 4.79 Å². The van der Waals surface area contributed by atoms with Crippen molar-refractivity contribution in [1.82, 2.24) is 4.90 Å². The summed E-state index contributed by atoms with van der Waals surface area (Å²) in [6.45, 7) is 1.79. The molecule has 1 saturated heterocycles. The summed E-state index contributed by atoms with van der Waals surface area (Å²) >= 11 is 0. The highest BCUT2D eigenvalue weighted by atomic mass is 16.4. The molecule has 2 aliphatic rings. The number of likely N-dealkylation sites (tertiary alicyclic amines) is 1. The molecule has 116 valence electrons. The van der Waals surface area contributed by atoms with Gasteiger partial charge in [-0.1, -0.05) is 24.3 Å². The Morgan fingerprint density at radius 2 is 1.64 bits per heavy atom. The molecule has 22 heavy (non-hydrogen) atoms. The van der Waals surface area contributed by atoms with E-state index in [0.717, 1.165) is 31.5 Å². The molecule has 1 N–H and O–H groups in total. The number of hydrogen-bond donors (Lipinski definition) is 1. The highest BCUT2D eigenvalue weighted by Crippen LogP contribution is 2.33. The molecule has 0 saturated carbocycles. The molecule has 1 fully saturated rings. The minimum absolute atomic E-state index is 0.219. The molecule has 4 heteroatoms. The molecular formula is C18H21NO3. The van der Waals surface area contributed by atoms with Gasteiger partial charge >= 0.3 is 5.97 Å². The fourth-order valence-electron chi connectivity index (χ4n) is 3.44. The van der Waals surface area contributed by atoms with Crippen LogP contribution in [-0.2, 0) is 11.2 Å². The van der Waals surface area contributed by atoms with Gasteiger partial charge in [0.15, 0.2) is 0 Å². The highest BCUT2D eigenvalue weighted by Gasteiger charge is 2.34. The van der Waals surface area contributed by atoms with E-state index in [1.165, 1.54) is 0 Å². The van der Waals surface area contributed by atoms with Gasteiger partial charge in [0.2, 0.25) is 5.91 Å². The molecule has 1 aromatic rings. The fraction of sp³-hybridized carbons (Fsp3) is 0.444. The maximum Gasteiger partial charge on any atom is 0.335 e. The molecule has 0 spiro atoms. The summed E-state index contributed by atoms with van der Waals surface area (Å²) < 4.78 is 0. The first-order valence-electron chi connectivity index (χ1n) is 7.88. The summed E-state index contributed by atoms with van der Waals surface area (Å²) in [6, 6.07) is 6.78. The lowest BCUT2D eigenvalue weighted by atomic mass is 9.86. The van der Waals surface area contributed by atoms with E-state index in [4.69, 9.17) is 5.11 Å². The van der Waals surface area contributed by atoms with Crippen LogP contribution in [0.1, 0.15) is 35.2 Å². The van der Waals surface area contributed by atoms with Crippen molar-refractivity contribution in [3.8, 4) is 0 Å². The largest absolute Gasteiger partial charge is 0.478 e. The van der Waals surface area contributed by atoms with Crippen LogP contribution in [0.15, 0.2) is 36.4 Å². The summed E-state index contributed by atoms with van der Waals surface area (Å²) in [6.07, 6.45) is 7.84. The van der Waals surface area contributed by atoms with Gasteiger partial charge in [0, 0.05) is 19.5 Å². The van der Waals surface area contributed by atoms with E-state index in [9.17, 15) is 9.59 Å². The standard InChI is InChI=1S/C18H21NO3/c20-17(19-11-15-3-1-2-4-16(15)12-19)10-7-13-5-8-14(9-6-13)18(21)22/h1-2,5-6,8-9,15-16H,3-4,7,10-12H2,(H,21,22). The van der Waals surface area contributed by atoms with Gasteiger partial charge < -0.3 is 10.0 Å².